The Morgan fingerprint density at radius 3 is 2.47 bits per heavy atom. The molecule has 1 aliphatic carbocycles. The summed E-state index contributed by atoms with van der Waals surface area (Å²) < 4.78 is 0. The first-order chi connectivity index (χ1) is 7.28. The third-order valence-electron chi connectivity index (χ3n) is 3.66. The van der Waals surface area contributed by atoms with Gasteiger partial charge in [-0.3, -0.25) is 5.10 Å². The van der Waals surface area contributed by atoms with Crippen LogP contribution in [0, 0.1) is 0 Å². The summed E-state index contributed by atoms with van der Waals surface area (Å²) in [6.07, 6.45) is 2.60. The maximum absolute atomic E-state index is 4.42. The van der Waals surface area contributed by atoms with E-state index < -0.39 is 0 Å². The third-order valence-corrected chi connectivity index (χ3v) is 3.66. The zero-order valence-electron chi connectivity index (χ0n) is 10.0. The van der Waals surface area contributed by atoms with Crippen molar-refractivity contribution >= 4 is 30.6 Å². The lowest BCUT2D eigenvalue weighted by Gasteiger charge is -2.26. The Labute approximate surface area is 114 Å². The summed E-state index contributed by atoms with van der Waals surface area (Å²) in [5.41, 5.74) is 1.72. The van der Waals surface area contributed by atoms with Crippen molar-refractivity contribution < 1.29 is 0 Å². The second-order valence-corrected chi connectivity index (χ2v) is 4.94. The highest BCUT2D eigenvalue weighted by atomic mass is 35.5. The lowest BCUT2D eigenvalue weighted by atomic mass is 10.1. The molecule has 17 heavy (non-hydrogen) atoms. The quantitative estimate of drug-likeness (QED) is 0.866. The van der Waals surface area contributed by atoms with E-state index in [9.17, 15) is 0 Å². The SMILES string of the molecule is CC1(c2cc(N3CCNCC3)n[nH]2)CC1.Cl.Cl. The number of halogens is 2. The van der Waals surface area contributed by atoms with Crippen LogP contribution in [0.1, 0.15) is 25.5 Å². The van der Waals surface area contributed by atoms with Gasteiger partial charge in [0.25, 0.3) is 0 Å². The van der Waals surface area contributed by atoms with Gasteiger partial charge >= 0.3 is 0 Å². The van der Waals surface area contributed by atoms with Crippen LogP contribution in [0.4, 0.5) is 5.82 Å². The summed E-state index contributed by atoms with van der Waals surface area (Å²) in [5, 5.41) is 11.0. The molecule has 0 atom stereocenters. The average molecular weight is 279 g/mol. The minimum Gasteiger partial charge on any atom is -0.353 e. The molecule has 98 valence electrons. The van der Waals surface area contributed by atoms with E-state index in [0.717, 1.165) is 32.0 Å². The summed E-state index contributed by atoms with van der Waals surface area (Å²) in [7, 11) is 0. The van der Waals surface area contributed by atoms with E-state index in [1.165, 1.54) is 18.5 Å². The molecule has 2 aliphatic rings. The molecule has 0 spiro atoms. The molecule has 0 unspecified atom stereocenters. The van der Waals surface area contributed by atoms with Gasteiger partial charge in [-0.15, -0.1) is 24.8 Å². The zero-order valence-corrected chi connectivity index (χ0v) is 11.7. The van der Waals surface area contributed by atoms with Crippen molar-refractivity contribution in [3.63, 3.8) is 0 Å². The molecule has 1 saturated heterocycles. The third kappa shape index (κ3) is 2.87. The van der Waals surface area contributed by atoms with Gasteiger partial charge in [-0.1, -0.05) is 6.92 Å². The molecule has 0 radical (unpaired) electrons. The van der Waals surface area contributed by atoms with Crippen molar-refractivity contribution in [2.45, 2.75) is 25.2 Å². The Balaban J connectivity index is 0.000000722. The van der Waals surface area contributed by atoms with Crippen molar-refractivity contribution in [3.05, 3.63) is 11.8 Å². The second-order valence-electron chi connectivity index (χ2n) is 4.94. The summed E-state index contributed by atoms with van der Waals surface area (Å²) in [4.78, 5) is 2.35. The van der Waals surface area contributed by atoms with Gasteiger partial charge in [0.2, 0.25) is 0 Å². The fourth-order valence-electron chi connectivity index (χ4n) is 2.13. The fourth-order valence-corrected chi connectivity index (χ4v) is 2.13. The van der Waals surface area contributed by atoms with Gasteiger partial charge in [-0.05, 0) is 12.8 Å². The van der Waals surface area contributed by atoms with Crippen LogP contribution in [0.2, 0.25) is 0 Å². The van der Waals surface area contributed by atoms with Crippen molar-refractivity contribution in [2.24, 2.45) is 0 Å². The number of rotatable bonds is 2. The lowest BCUT2D eigenvalue weighted by molar-refractivity contribution is 0.584. The number of hydrogen-bond acceptors (Lipinski definition) is 3. The Bertz CT molecular complexity index is 356. The molecular weight excluding hydrogens is 259 g/mol. The number of nitrogens with one attached hydrogen (secondary N) is 2. The van der Waals surface area contributed by atoms with Crippen molar-refractivity contribution in [2.75, 3.05) is 31.1 Å². The predicted molar refractivity (Wildman–Crippen MR) is 74.8 cm³/mol. The first-order valence-electron chi connectivity index (χ1n) is 5.79. The van der Waals surface area contributed by atoms with E-state index in [4.69, 9.17) is 0 Å². The topological polar surface area (TPSA) is 44.0 Å². The van der Waals surface area contributed by atoms with Gasteiger partial charge in [0, 0.05) is 43.4 Å². The number of hydrogen-bond donors (Lipinski definition) is 2. The van der Waals surface area contributed by atoms with Gasteiger partial charge in [-0.2, -0.15) is 5.10 Å². The standard InChI is InChI=1S/C11H18N4.2ClH/c1-11(2-3-11)9-8-10(14-13-9)15-6-4-12-5-7-15;;/h8,12H,2-7H2,1H3,(H,13,14);2*1H. The highest BCUT2D eigenvalue weighted by Crippen LogP contribution is 2.47. The van der Waals surface area contributed by atoms with Crippen LogP contribution < -0.4 is 10.2 Å². The Kier molecular flexibility index (Phi) is 4.69. The van der Waals surface area contributed by atoms with Gasteiger partial charge < -0.3 is 10.2 Å². The van der Waals surface area contributed by atoms with Crippen LogP contribution in [-0.2, 0) is 5.41 Å². The molecule has 3 rings (SSSR count). The van der Waals surface area contributed by atoms with Crippen molar-refractivity contribution in [3.8, 4) is 0 Å². The largest absolute Gasteiger partial charge is 0.353 e. The molecule has 0 bridgehead atoms. The Morgan fingerprint density at radius 2 is 1.88 bits per heavy atom. The maximum Gasteiger partial charge on any atom is 0.150 e. The molecule has 0 amide bonds. The number of aromatic amines is 1. The highest BCUT2D eigenvalue weighted by Gasteiger charge is 2.40. The molecule has 2 heterocycles. The highest BCUT2D eigenvalue weighted by molar-refractivity contribution is 5.85. The molecule has 4 nitrogen and oxygen atoms in total. The van der Waals surface area contributed by atoms with Gasteiger partial charge in [0.15, 0.2) is 5.82 Å². The molecule has 1 aliphatic heterocycles. The molecule has 6 heteroatoms. The van der Waals surface area contributed by atoms with Gasteiger partial charge in [0.05, 0.1) is 0 Å². The second kappa shape index (κ2) is 5.46. The minimum absolute atomic E-state index is 0. The van der Waals surface area contributed by atoms with E-state index in [2.05, 4.69) is 33.4 Å². The normalized spacial score (nSPS) is 21.4. The molecule has 1 aromatic heterocycles. The van der Waals surface area contributed by atoms with E-state index in [1.807, 2.05) is 0 Å². The van der Waals surface area contributed by atoms with Gasteiger partial charge in [-0.25, -0.2) is 0 Å². The number of anilines is 1. The molecule has 2 fully saturated rings. The van der Waals surface area contributed by atoms with E-state index in [0.29, 0.717) is 5.41 Å². The first kappa shape index (κ1) is 14.6. The van der Waals surface area contributed by atoms with Crippen LogP contribution >= 0.6 is 24.8 Å². The zero-order chi connectivity index (χ0) is 10.3. The number of nitrogens with zero attached hydrogens (tertiary/aromatic N) is 2. The molecule has 1 saturated carbocycles. The number of piperazine rings is 1. The Hall–Kier alpha value is -0.450. The number of aromatic nitrogens is 2. The minimum atomic E-state index is 0. The average Bonchev–Trinajstić information content (AvgIpc) is 2.85. The molecular formula is C11H20Cl2N4. The van der Waals surface area contributed by atoms with Crippen LogP contribution in [0.25, 0.3) is 0 Å². The molecule has 2 N–H and O–H groups in total. The molecule has 1 aromatic rings. The van der Waals surface area contributed by atoms with E-state index >= 15 is 0 Å². The van der Waals surface area contributed by atoms with Crippen LogP contribution in [0.15, 0.2) is 6.07 Å². The van der Waals surface area contributed by atoms with E-state index in [1.54, 1.807) is 0 Å². The van der Waals surface area contributed by atoms with Crippen molar-refractivity contribution in [1.82, 2.24) is 15.5 Å². The summed E-state index contributed by atoms with van der Waals surface area (Å²) in [6, 6.07) is 2.23. The lowest BCUT2D eigenvalue weighted by Crippen LogP contribution is -2.43. The monoisotopic (exact) mass is 278 g/mol. The first-order valence-corrected chi connectivity index (χ1v) is 5.79. The summed E-state index contributed by atoms with van der Waals surface area (Å²) >= 11 is 0. The summed E-state index contributed by atoms with van der Waals surface area (Å²) in [6.45, 7) is 6.59. The summed E-state index contributed by atoms with van der Waals surface area (Å²) in [5.74, 6) is 1.12. The smallest absolute Gasteiger partial charge is 0.150 e. The Morgan fingerprint density at radius 1 is 1.24 bits per heavy atom. The van der Waals surface area contributed by atoms with Crippen molar-refractivity contribution in [1.29, 1.82) is 0 Å². The van der Waals surface area contributed by atoms with Gasteiger partial charge in [0.1, 0.15) is 0 Å². The van der Waals surface area contributed by atoms with Crippen LogP contribution in [0.5, 0.6) is 0 Å². The fraction of sp³-hybridized carbons (Fsp3) is 0.727. The predicted octanol–water partition coefficient (Wildman–Crippen LogP) is 1.71. The van der Waals surface area contributed by atoms with E-state index in [-0.39, 0.29) is 24.8 Å². The maximum atomic E-state index is 4.42. The van der Waals surface area contributed by atoms with Crippen LogP contribution in [-0.4, -0.2) is 36.4 Å². The molecule has 0 aromatic carbocycles. The number of H-pyrrole nitrogens is 1. The van der Waals surface area contributed by atoms with Crippen LogP contribution in [0.3, 0.4) is 0 Å².